The first-order chi connectivity index (χ1) is 6.74. The number of aliphatic hydroxyl groups excluding tert-OH is 1. The summed E-state index contributed by atoms with van der Waals surface area (Å²) in [4.78, 5) is 4.16. The maximum Gasteiger partial charge on any atom is 0.101 e. The van der Waals surface area contributed by atoms with Gasteiger partial charge < -0.3 is 5.11 Å². The van der Waals surface area contributed by atoms with Gasteiger partial charge in [0.15, 0.2) is 0 Å². The van der Waals surface area contributed by atoms with Crippen molar-refractivity contribution in [2.24, 2.45) is 0 Å². The standard InChI is InChI=1S/C11H12N2O/c1-7-8(5-12)6-13-11-9(7)3-2-4-10(11)14/h6,10,14H,2-4H2,1H3. The van der Waals surface area contributed by atoms with Gasteiger partial charge >= 0.3 is 0 Å². The number of rotatable bonds is 0. The molecule has 0 aliphatic heterocycles. The molecule has 0 bridgehead atoms. The summed E-state index contributed by atoms with van der Waals surface area (Å²) >= 11 is 0. The Balaban J connectivity index is 2.59. The topological polar surface area (TPSA) is 56.9 Å². The average molecular weight is 188 g/mol. The molecule has 0 saturated heterocycles. The van der Waals surface area contributed by atoms with Gasteiger partial charge in [-0.2, -0.15) is 5.26 Å². The molecular weight excluding hydrogens is 176 g/mol. The van der Waals surface area contributed by atoms with E-state index in [4.69, 9.17) is 5.26 Å². The van der Waals surface area contributed by atoms with Gasteiger partial charge in [-0.1, -0.05) is 0 Å². The second-order valence-electron chi connectivity index (χ2n) is 3.68. The fourth-order valence-corrected chi connectivity index (χ4v) is 1.99. The highest BCUT2D eigenvalue weighted by molar-refractivity contribution is 5.43. The normalized spacial score (nSPS) is 19.9. The fourth-order valence-electron chi connectivity index (χ4n) is 1.99. The minimum atomic E-state index is -0.440. The van der Waals surface area contributed by atoms with Gasteiger partial charge in [-0.15, -0.1) is 0 Å². The van der Waals surface area contributed by atoms with Crippen LogP contribution < -0.4 is 0 Å². The Hall–Kier alpha value is -1.40. The summed E-state index contributed by atoms with van der Waals surface area (Å²) in [6.07, 6.45) is 3.81. The summed E-state index contributed by atoms with van der Waals surface area (Å²) in [5, 5.41) is 18.5. The zero-order valence-electron chi connectivity index (χ0n) is 8.12. The molecule has 0 fully saturated rings. The Labute approximate surface area is 83.0 Å². The van der Waals surface area contributed by atoms with Crippen LogP contribution in [-0.4, -0.2) is 10.1 Å². The number of pyridine rings is 1. The van der Waals surface area contributed by atoms with Gasteiger partial charge in [-0.3, -0.25) is 4.98 Å². The number of fused-ring (bicyclic) bond motifs is 1. The second-order valence-corrected chi connectivity index (χ2v) is 3.68. The SMILES string of the molecule is Cc1c(C#N)cnc2c1CCCC2O. The number of hydrogen-bond acceptors (Lipinski definition) is 3. The maximum atomic E-state index is 9.70. The van der Waals surface area contributed by atoms with Crippen LogP contribution in [0.15, 0.2) is 6.20 Å². The molecular formula is C11H12N2O. The van der Waals surface area contributed by atoms with Crippen molar-refractivity contribution in [2.45, 2.75) is 32.3 Å². The van der Waals surface area contributed by atoms with E-state index in [1.807, 2.05) is 6.92 Å². The van der Waals surface area contributed by atoms with Crippen LogP contribution in [0.5, 0.6) is 0 Å². The zero-order valence-corrected chi connectivity index (χ0v) is 8.12. The van der Waals surface area contributed by atoms with Crippen LogP contribution in [-0.2, 0) is 6.42 Å². The lowest BCUT2D eigenvalue weighted by Crippen LogP contribution is -2.13. The molecule has 0 saturated carbocycles. The number of nitriles is 1. The molecule has 72 valence electrons. The maximum absolute atomic E-state index is 9.70. The molecule has 1 aliphatic carbocycles. The minimum absolute atomic E-state index is 0.440. The van der Waals surface area contributed by atoms with Crippen LogP contribution in [0.2, 0.25) is 0 Å². The lowest BCUT2D eigenvalue weighted by atomic mass is 9.89. The second kappa shape index (κ2) is 3.39. The fraction of sp³-hybridized carbons (Fsp3) is 0.455. The highest BCUT2D eigenvalue weighted by Crippen LogP contribution is 2.30. The van der Waals surface area contributed by atoms with Crippen LogP contribution in [0.25, 0.3) is 0 Å². The van der Waals surface area contributed by atoms with Crippen LogP contribution in [0.3, 0.4) is 0 Å². The highest BCUT2D eigenvalue weighted by atomic mass is 16.3. The number of aromatic nitrogens is 1. The Morgan fingerprint density at radius 1 is 1.64 bits per heavy atom. The molecule has 1 aromatic heterocycles. The summed E-state index contributed by atoms with van der Waals surface area (Å²) < 4.78 is 0. The van der Waals surface area contributed by atoms with Crippen molar-refractivity contribution in [3.63, 3.8) is 0 Å². The minimum Gasteiger partial charge on any atom is -0.387 e. The molecule has 1 aliphatic rings. The average Bonchev–Trinajstić information content (AvgIpc) is 2.20. The Kier molecular flexibility index (Phi) is 2.22. The molecule has 2 rings (SSSR count). The predicted octanol–water partition coefficient (Wildman–Crippen LogP) is 1.63. The van der Waals surface area contributed by atoms with Gasteiger partial charge in [0.25, 0.3) is 0 Å². The Morgan fingerprint density at radius 3 is 3.14 bits per heavy atom. The molecule has 0 amide bonds. The molecule has 1 aromatic rings. The van der Waals surface area contributed by atoms with E-state index in [0.29, 0.717) is 5.56 Å². The largest absolute Gasteiger partial charge is 0.387 e. The summed E-state index contributed by atoms with van der Waals surface area (Å²) in [7, 11) is 0. The van der Waals surface area contributed by atoms with Crippen LogP contribution >= 0.6 is 0 Å². The monoisotopic (exact) mass is 188 g/mol. The van der Waals surface area contributed by atoms with Gasteiger partial charge in [0.1, 0.15) is 6.07 Å². The quantitative estimate of drug-likeness (QED) is 0.673. The lowest BCUT2D eigenvalue weighted by Gasteiger charge is -2.21. The summed E-state index contributed by atoms with van der Waals surface area (Å²) in [6.45, 7) is 1.93. The van der Waals surface area contributed by atoms with Crippen molar-refractivity contribution in [1.82, 2.24) is 4.98 Å². The first kappa shape index (κ1) is 9.17. The first-order valence-electron chi connectivity index (χ1n) is 4.80. The first-order valence-corrected chi connectivity index (χ1v) is 4.80. The third-order valence-corrected chi connectivity index (χ3v) is 2.84. The van der Waals surface area contributed by atoms with Crippen LogP contribution in [0.1, 0.15) is 41.3 Å². The van der Waals surface area contributed by atoms with Crippen molar-refractivity contribution in [3.8, 4) is 6.07 Å². The molecule has 0 spiro atoms. The van der Waals surface area contributed by atoms with Crippen molar-refractivity contribution in [3.05, 3.63) is 28.6 Å². The Bertz CT molecular complexity index is 406. The highest BCUT2D eigenvalue weighted by Gasteiger charge is 2.21. The van der Waals surface area contributed by atoms with Crippen molar-refractivity contribution in [2.75, 3.05) is 0 Å². The van der Waals surface area contributed by atoms with Gasteiger partial charge in [-0.25, -0.2) is 0 Å². The predicted molar refractivity (Wildman–Crippen MR) is 51.6 cm³/mol. The molecule has 3 heteroatoms. The van der Waals surface area contributed by atoms with Gasteiger partial charge in [0.2, 0.25) is 0 Å². The number of aliphatic hydroxyl groups is 1. The number of hydrogen-bond donors (Lipinski definition) is 1. The third kappa shape index (κ3) is 1.28. The molecule has 1 heterocycles. The molecule has 14 heavy (non-hydrogen) atoms. The van der Waals surface area contributed by atoms with E-state index in [1.165, 1.54) is 0 Å². The van der Waals surface area contributed by atoms with Gasteiger partial charge in [-0.05, 0) is 37.3 Å². The van der Waals surface area contributed by atoms with E-state index >= 15 is 0 Å². The van der Waals surface area contributed by atoms with E-state index < -0.39 is 6.10 Å². The molecule has 0 aromatic carbocycles. The van der Waals surface area contributed by atoms with Gasteiger partial charge in [0, 0.05) is 6.20 Å². The summed E-state index contributed by atoms with van der Waals surface area (Å²) in [6, 6.07) is 2.12. The van der Waals surface area contributed by atoms with E-state index in [9.17, 15) is 5.11 Å². The van der Waals surface area contributed by atoms with E-state index in [0.717, 1.165) is 36.1 Å². The summed E-state index contributed by atoms with van der Waals surface area (Å²) in [5.74, 6) is 0. The van der Waals surface area contributed by atoms with Crippen molar-refractivity contribution >= 4 is 0 Å². The number of nitrogens with zero attached hydrogens (tertiary/aromatic N) is 2. The Morgan fingerprint density at radius 2 is 2.43 bits per heavy atom. The zero-order chi connectivity index (χ0) is 10.1. The van der Waals surface area contributed by atoms with E-state index in [2.05, 4.69) is 11.1 Å². The van der Waals surface area contributed by atoms with Crippen molar-refractivity contribution < 1.29 is 5.11 Å². The third-order valence-electron chi connectivity index (χ3n) is 2.84. The van der Waals surface area contributed by atoms with Crippen LogP contribution in [0, 0.1) is 18.3 Å². The lowest BCUT2D eigenvalue weighted by molar-refractivity contribution is 0.151. The molecule has 3 nitrogen and oxygen atoms in total. The summed E-state index contributed by atoms with van der Waals surface area (Å²) in [5.41, 5.74) is 3.45. The van der Waals surface area contributed by atoms with Gasteiger partial charge in [0.05, 0.1) is 17.4 Å². The van der Waals surface area contributed by atoms with E-state index in [-0.39, 0.29) is 0 Å². The molecule has 0 radical (unpaired) electrons. The molecule has 1 atom stereocenters. The van der Waals surface area contributed by atoms with E-state index in [1.54, 1.807) is 6.20 Å². The van der Waals surface area contributed by atoms with Crippen molar-refractivity contribution in [1.29, 1.82) is 5.26 Å². The van der Waals surface area contributed by atoms with Crippen LogP contribution in [0.4, 0.5) is 0 Å². The smallest absolute Gasteiger partial charge is 0.101 e. The molecule has 1 N–H and O–H groups in total. The molecule has 1 unspecified atom stereocenters.